The van der Waals surface area contributed by atoms with E-state index in [4.69, 9.17) is 0 Å². The highest BCUT2D eigenvalue weighted by atomic mass is 32.2. The predicted molar refractivity (Wildman–Crippen MR) is 132 cm³/mol. The molecule has 2 heterocycles. The molecule has 1 aliphatic rings. The largest absolute Gasteiger partial charge is 0.341 e. The van der Waals surface area contributed by atoms with E-state index in [9.17, 15) is 17.6 Å². The number of carbonyl (C=O) groups is 1. The molecule has 3 aromatic carbocycles. The van der Waals surface area contributed by atoms with E-state index >= 15 is 0 Å². The highest BCUT2D eigenvalue weighted by Crippen LogP contribution is 2.31. The van der Waals surface area contributed by atoms with Crippen molar-refractivity contribution in [1.29, 1.82) is 0 Å². The zero-order valence-corrected chi connectivity index (χ0v) is 19.7. The maximum atomic E-state index is 13.2. The summed E-state index contributed by atoms with van der Waals surface area (Å²) >= 11 is 0. The third-order valence-corrected chi connectivity index (χ3v) is 8.44. The third-order valence-electron chi connectivity index (χ3n) is 6.56. The van der Waals surface area contributed by atoms with E-state index in [1.165, 1.54) is 16.4 Å². The lowest BCUT2D eigenvalue weighted by Gasteiger charge is -2.31. The van der Waals surface area contributed by atoms with Gasteiger partial charge in [0.1, 0.15) is 5.82 Å². The van der Waals surface area contributed by atoms with Crippen molar-refractivity contribution in [2.24, 2.45) is 5.92 Å². The van der Waals surface area contributed by atoms with Gasteiger partial charge in [0, 0.05) is 47.1 Å². The number of benzene rings is 3. The topological polar surface area (TPSA) is 71.4 Å². The van der Waals surface area contributed by atoms with Crippen LogP contribution in [0.3, 0.4) is 0 Å². The van der Waals surface area contributed by atoms with Crippen molar-refractivity contribution in [1.82, 2.24) is 8.87 Å². The molecule has 0 unspecified atom stereocenters. The monoisotopic (exact) mass is 479 g/mol. The Morgan fingerprint density at radius 1 is 1.03 bits per heavy atom. The number of sulfonamides is 1. The lowest BCUT2D eigenvalue weighted by atomic mass is 9.98. The van der Waals surface area contributed by atoms with E-state index in [2.05, 4.69) is 28.9 Å². The molecule has 1 N–H and O–H groups in total. The molecule has 1 atom stereocenters. The van der Waals surface area contributed by atoms with Crippen LogP contribution in [0, 0.1) is 11.7 Å². The number of nitrogens with zero attached hydrogens (tertiary/aromatic N) is 2. The van der Waals surface area contributed by atoms with Gasteiger partial charge in [-0.1, -0.05) is 18.2 Å². The van der Waals surface area contributed by atoms with Crippen LogP contribution in [0.2, 0.25) is 0 Å². The Kier molecular flexibility index (Phi) is 5.87. The van der Waals surface area contributed by atoms with Crippen molar-refractivity contribution >= 4 is 43.4 Å². The third kappa shape index (κ3) is 3.97. The number of halogens is 1. The number of amides is 1. The molecule has 1 fully saturated rings. The molecule has 1 aliphatic heterocycles. The Morgan fingerprint density at radius 2 is 1.76 bits per heavy atom. The zero-order chi connectivity index (χ0) is 23.9. The molecule has 6 nitrogen and oxygen atoms in total. The molecule has 1 amide bonds. The van der Waals surface area contributed by atoms with Gasteiger partial charge in [0.15, 0.2) is 0 Å². The first-order valence-corrected chi connectivity index (χ1v) is 12.9. The van der Waals surface area contributed by atoms with Crippen LogP contribution < -0.4 is 5.32 Å². The molecule has 0 saturated carbocycles. The van der Waals surface area contributed by atoms with Gasteiger partial charge in [-0.25, -0.2) is 12.8 Å². The fraction of sp³-hybridized carbons (Fsp3) is 0.269. The van der Waals surface area contributed by atoms with Crippen LogP contribution in [0.1, 0.15) is 19.8 Å². The Morgan fingerprint density at radius 3 is 2.53 bits per heavy atom. The quantitative estimate of drug-likeness (QED) is 0.438. The van der Waals surface area contributed by atoms with Crippen molar-refractivity contribution in [3.63, 3.8) is 0 Å². The van der Waals surface area contributed by atoms with Crippen LogP contribution in [0.5, 0.6) is 0 Å². The maximum Gasteiger partial charge on any atom is 0.243 e. The standard InChI is InChI=1S/C26H26FN3O3S/c1-2-30-24-8-4-3-7-22(24)23-16-20(11-14-25(23)30)28-26(31)18-6-5-15-29(17-18)34(32,33)21-12-9-19(27)10-13-21/h3-4,7-14,16,18H,2,5-6,15,17H2,1H3,(H,28,31)/t18-/m1/s1. The second-order valence-electron chi connectivity index (χ2n) is 8.64. The molecule has 0 radical (unpaired) electrons. The molecule has 0 aliphatic carbocycles. The van der Waals surface area contributed by atoms with Gasteiger partial charge in [0.25, 0.3) is 0 Å². The number of piperidine rings is 1. The molecule has 0 bridgehead atoms. The van der Waals surface area contributed by atoms with Gasteiger partial charge in [0.05, 0.1) is 10.8 Å². The van der Waals surface area contributed by atoms with Crippen LogP contribution in [0.4, 0.5) is 10.1 Å². The summed E-state index contributed by atoms with van der Waals surface area (Å²) in [7, 11) is -3.79. The second-order valence-corrected chi connectivity index (χ2v) is 10.6. The summed E-state index contributed by atoms with van der Waals surface area (Å²) in [6.07, 6.45) is 1.19. The summed E-state index contributed by atoms with van der Waals surface area (Å²) < 4.78 is 42.8. The van der Waals surface area contributed by atoms with Gasteiger partial charge >= 0.3 is 0 Å². The molecule has 8 heteroatoms. The second kappa shape index (κ2) is 8.85. The number of hydrogen-bond acceptors (Lipinski definition) is 3. The normalized spacial score (nSPS) is 17.3. The fourth-order valence-corrected chi connectivity index (χ4v) is 6.37. The summed E-state index contributed by atoms with van der Waals surface area (Å²) in [5, 5.41) is 5.19. The predicted octanol–water partition coefficient (Wildman–Crippen LogP) is 4.99. The Labute approximate surface area is 198 Å². The van der Waals surface area contributed by atoms with E-state index in [1.54, 1.807) is 0 Å². The average Bonchev–Trinajstić information content (AvgIpc) is 3.17. The molecular weight excluding hydrogens is 453 g/mol. The number of carbonyl (C=O) groups excluding carboxylic acids is 1. The number of para-hydroxylation sites is 1. The number of aromatic nitrogens is 1. The lowest BCUT2D eigenvalue weighted by Crippen LogP contribution is -2.43. The van der Waals surface area contributed by atoms with Crippen LogP contribution in [-0.2, 0) is 21.4 Å². The molecule has 5 rings (SSSR count). The van der Waals surface area contributed by atoms with Gasteiger partial charge in [-0.2, -0.15) is 4.31 Å². The van der Waals surface area contributed by atoms with Crippen molar-refractivity contribution < 1.29 is 17.6 Å². The summed E-state index contributed by atoms with van der Waals surface area (Å²) in [5.74, 6) is -1.15. The summed E-state index contributed by atoms with van der Waals surface area (Å²) in [6.45, 7) is 3.39. The number of rotatable bonds is 5. The number of nitrogens with one attached hydrogen (secondary N) is 1. The van der Waals surface area contributed by atoms with Gasteiger partial charge in [0.2, 0.25) is 15.9 Å². The van der Waals surface area contributed by atoms with Crippen molar-refractivity contribution in [2.45, 2.75) is 31.2 Å². The molecule has 1 saturated heterocycles. The number of hydrogen-bond donors (Lipinski definition) is 1. The highest BCUT2D eigenvalue weighted by Gasteiger charge is 2.33. The molecule has 34 heavy (non-hydrogen) atoms. The molecule has 0 spiro atoms. The summed E-state index contributed by atoms with van der Waals surface area (Å²) in [4.78, 5) is 13.1. The van der Waals surface area contributed by atoms with Crippen molar-refractivity contribution in [3.05, 3.63) is 72.5 Å². The maximum absolute atomic E-state index is 13.2. The van der Waals surface area contributed by atoms with E-state index < -0.39 is 21.8 Å². The molecule has 176 valence electrons. The zero-order valence-electron chi connectivity index (χ0n) is 18.9. The summed E-state index contributed by atoms with van der Waals surface area (Å²) in [5.41, 5.74) is 2.95. The van der Waals surface area contributed by atoms with Crippen LogP contribution in [0.15, 0.2) is 71.6 Å². The minimum absolute atomic E-state index is 0.0349. The van der Waals surface area contributed by atoms with Crippen LogP contribution in [0.25, 0.3) is 21.8 Å². The van der Waals surface area contributed by atoms with E-state index in [0.29, 0.717) is 25.1 Å². The van der Waals surface area contributed by atoms with Gasteiger partial charge in [-0.05, 0) is 68.3 Å². The Balaban J connectivity index is 1.37. The first kappa shape index (κ1) is 22.6. The molecular formula is C26H26FN3O3S. The summed E-state index contributed by atoms with van der Waals surface area (Å²) in [6, 6.07) is 18.9. The van der Waals surface area contributed by atoms with E-state index in [1.807, 2.05) is 30.3 Å². The van der Waals surface area contributed by atoms with E-state index in [0.717, 1.165) is 40.5 Å². The molecule has 1 aromatic heterocycles. The van der Waals surface area contributed by atoms with Crippen LogP contribution >= 0.6 is 0 Å². The first-order valence-electron chi connectivity index (χ1n) is 11.5. The number of aryl methyl sites for hydroxylation is 1. The minimum Gasteiger partial charge on any atom is -0.341 e. The smallest absolute Gasteiger partial charge is 0.243 e. The number of anilines is 1. The fourth-order valence-electron chi connectivity index (χ4n) is 4.85. The Bertz CT molecular complexity index is 1480. The van der Waals surface area contributed by atoms with Gasteiger partial charge < -0.3 is 9.88 Å². The Hall–Kier alpha value is -3.23. The lowest BCUT2D eigenvalue weighted by molar-refractivity contribution is -0.120. The van der Waals surface area contributed by atoms with Gasteiger partial charge in [-0.3, -0.25) is 4.79 Å². The van der Waals surface area contributed by atoms with Crippen molar-refractivity contribution in [3.8, 4) is 0 Å². The van der Waals surface area contributed by atoms with E-state index in [-0.39, 0.29) is 17.3 Å². The average molecular weight is 480 g/mol. The van der Waals surface area contributed by atoms with Gasteiger partial charge in [-0.15, -0.1) is 0 Å². The molecule has 4 aromatic rings. The van der Waals surface area contributed by atoms with Crippen LogP contribution in [-0.4, -0.2) is 36.3 Å². The van der Waals surface area contributed by atoms with Crippen molar-refractivity contribution in [2.75, 3.05) is 18.4 Å². The highest BCUT2D eigenvalue weighted by molar-refractivity contribution is 7.89. The first-order chi connectivity index (χ1) is 16.4. The number of fused-ring (bicyclic) bond motifs is 3. The SMILES string of the molecule is CCn1c2ccccc2c2cc(NC(=O)[C@@H]3CCCN(S(=O)(=O)c4ccc(F)cc4)C3)ccc21. The minimum atomic E-state index is -3.79.